The largest absolute Gasteiger partial charge is 0.379 e. The molecule has 1 aromatic carbocycles. The van der Waals surface area contributed by atoms with E-state index in [9.17, 15) is 0 Å². The Bertz CT molecular complexity index is 413. The minimum atomic E-state index is -0.152. The van der Waals surface area contributed by atoms with Crippen LogP contribution >= 0.6 is 0 Å². The van der Waals surface area contributed by atoms with Gasteiger partial charge in [0.05, 0.1) is 13.2 Å². The molecule has 1 aromatic rings. The summed E-state index contributed by atoms with van der Waals surface area (Å²) in [6.45, 7) is 10.1. The van der Waals surface area contributed by atoms with E-state index < -0.39 is 0 Å². The Hall–Kier alpha value is -0.860. The molecule has 0 aliphatic carbocycles. The van der Waals surface area contributed by atoms with Crippen molar-refractivity contribution in [2.24, 2.45) is 5.73 Å². The van der Waals surface area contributed by atoms with E-state index in [1.165, 1.54) is 16.7 Å². The third-order valence-electron chi connectivity index (χ3n) is 3.50. The molecule has 0 radical (unpaired) electrons. The third kappa shape index (κ3) is 2.53. The van der Waals surface area contributed by atoms with Gasteiger partial charge in [0.25, 0.3) is 0 Å². The molecule has 0 atom stereocenters. The third-order valence-corrected chi connectivity index (χ3v) is 3.50. The van der Waals surface area contributed by atoms with E-state index in [0.717, 1.165) is 19.6 Å². The highest BCUT2D eigenvalue weighted by Crippen LogP contribution is 2.40. The monoisotopic (exact) mass is 233 g/mol. The summed E-state index contributed by atoms with van der Waals surface area (Å²) in [5.41, 5.74) is 10.3. The summed E-state index contributed by atoms with van der Waals surface area (Å²) < 4.78 is 5.47. The predicted molar refractivity (Wildman–Crippen MR) is 71.3 cm³/mol. The van der Waals surface area contributed by atoms with Crippen LogP contribution in [0.5, 0.6) is 0 Å². The smallest absolute Gasteiger partial charge is 0.0586 e. The van der Waals surface area contributed by atoms with Crippen LogP contribution in [0.1, 0.15) is 37.0 Å². The Kier molecular flexibility index (Phi) is 3.04. The van der Waals surface area contributed by atoms with Crippen molar-refractivity contribution >= 4 is 0 Å². The first-order valence-corrected chi connectivity index (χ1v) is 6.27. The van der Waals surface area contributed by atoms with E-state index in [2.05, 4.69) is 45.9 Å². The fourth-order valence-corrected chi connectivity index (χ4v) is 2.98. The molecule has 1 fully saturated rings. The molecule has 2 nitrogen and oxygen atoms in total. The van der Waals surface area contributed by atoms with Crippen molar-refractivity contribution < 1.29 is 4.74 Å². The van der Waals surface area contributed by atoms with Gasteiger partial charge >= 0.3 is 0 Å². The minimum absolute atomic E-state index is 0.135. The Morgan fingerprint density at radius 3 is 2.35 bits per heavy atom. The van der Waals surface area contributed by atoms with Crippen LogP contribution < -0.4 is 5.73 Å². The van der Waals surface area contributed by atoms with Gasteiger partial charge in [-0.25, -0.2) is 0 Å². The average molecular weight is 233 g/mol. The molecule has 0 spiro atoms. The lowest BCUT2D eigenvalue weighted by molar-refractivity contribution is -0.0721. The second kappa shape index (κ2) is 4.11. The second-order valence-electron chi connectivity index (χ2n) is 6.26. The number of rotatable bonds is 3. The predicted octanol–water partition coefficient (Wildman–Crippen LogP) is 2.70. The molecule has 1 heterocycles. The minimum Gasteiger partial charge on any atom is -0.379 e. The first-order valence-electron chi connectivity index (χ1n) is 6.27. The van der Waals surface area contributed by atoms with Crippen molar-refractivity contribution in [1.29, 1.82) is 0 Å². The summed E-state index contributed by atoms with van der Waals surface area (Å²) in [7, 11) is 0. The Morgan fingerprint density at radius 2 is 1.94 bits per heavy atom. The van der Waals surface area contributed by atoms with E-state index in [1.54, 1.807) is 0 Å². The van der Waals surface area contributed by atoms with Gasteiger partial charge in [0.2, 0.25) is 0 Å². The Labute approximate surface area is 104 Å². The lowest BCUT2D eigenvalue weighted by Gasteiger charge is -2.46. The Balaban J connectivity index is 2.35. The molecule has 1 aliphatic rings. The number of ether oxygens (including phenoxy) is 1. The van der Waals surface area contributed by atoms with Crippen LogP contribution in [0.4, 0.5) is 0 Å². The van der Waals surface area contributed by atoms with E-state index in [-0.39, 0.29) is 11.0 Å². The molecule has 0 amide bonds. The number of hydrogen-bond acceptors (Lipinski definition) is 2. The SMILES string of the molecule is Cc1ccc(C2(CC(C)(C)N)COC2)c(C)c1. The fraction of sp³-hybridized carbons (Fsp3) is 0.600. The number of hydrogen-bond donors (Lipinski definition) is 1. The summed E-state index contributed by atoms with van der Waals surface area (Å²) in [5, 5.41) is 0. The lowest BCUT2D eigenvalue weighted by Crippen LogP contribution is -2.53. The highest BCUT2D eigenvalue weighted by Gasteiger charge is 2.44. The summed E-state index contributed by atoms with van der Waals surface area (Å²) in [5.74, 6) is 0. The number of nitrogens with two attached hydrogens (primary N) is 1. The standard InChI is InChI=1S/C15H23NO/c1-11-5-6-13(12(2)7-11)15(9-17-10-15)8-14(3,4)16/h5-7H,8-10,16H2,1-4H3. The van der Waals surface area contributed by atoms with Crippen LogP contribution in [0.25, 0.3) is 0 Å². The summed E-state index contributed by atoms with van der Waals surface area (Å²) in [6.07, 6.45) is 0.976. The van der Waals surface area contributed by atoms with E-state index in [4.69, 9.17) is 10.5 Å². The van der Waals surface area contributed by atoms with Gasteiger partial charge in [0.1, 0.15) is 0 Å². The maximum atomic E-state index is 6.19. The molecule has 2 heteroatoms. The van der Waals surface area contributed by atoms with Gasteiger partial charge in [-0.05, 0) is 45.2 Å². The molecule has 0 bridgehead atoms. The van der Waals surface area contributed by atoms with Crippen molar-refractivity contribution in [3.63, 3.8) is 0 Å². The van der Waals surface area contributed by atoms with Crippen molar-refractivity contribution in [2.75, 3.05) is 13.2 Å². The van der Waals surface area contributed by atoms with E-state index in [1.807, 2.05) is 0 Å². The van der Waals surface area contributed by atoms with Crippen LogP contribution in [-0.2, 0) is 10.2 Å². The first-order chi connectivity index (χ1) is 7.82. The van der Waals surface area contributed by atoms with E-state index >= 15 is 0 Å². The van der Waals surface area contributed by atoms with Gasteiger partial charge in [0, 0.05) is 11.0 Å². The second-order valence-corrected chi connectivity index (χ2v) is 6.26. The molecular formula is C15H23NO. The maximum Gasteiger partial charge on any atom is 0.0586 e. The summed E-state index contributed by atoms with van der Waals surface area (Å²) >= 11 is 0. The number of aryl methyl sites for hydroxylation is 2. The number of benzene rings is 1. The fourth-order valence-electron chi connectivity index (χ4n) is 2.98. The molecular weight excluding hydrogens is 210 g/mol. The molecule has 94 valence electrons. The molecule has 0 aromatic heterocycles. The maximum absolute atomic E-state index is 6.19. The molecule has 17 heavy (non-hydrogen) atoms. The quantitative estimate of drug-likeness (QED) is 0.871. The van der Waals surface area contributed by atoms with Crippen LogP contribution in [0.3, 0.4) is 0 Å². The van der Waals surface area contributed by atoms with Gasteiger partial charge in [-0.3, -0.25) is 0 Å². The van der Waals surface area contributed by atoms with Crippen LogP contribution in [0.2, 0.25) is 0 Å². The zero-order chi connectivity index (χ0) is 12.7. The normalized spacial score (nSPS) is 18.9. The Morgan fingerprint density at radius 1 is 1.29 bits per heavy atom. The van der Waals surface area contributed by atoms with Crippen LogP contribution in [0.15, 0.2) is 18.2 Å². The van der Waals surface area contributed by atoms with Crippen molar-refractivity contribution in [3.05, 3.63) is 34.9 Å². The van der Waals surface area contributed by atoms with Crippen molar-refractivity contribution in [2.45, 2.75) is 45.1 Å². The van der Waals surface area contributed by atoms with Crippen molar-refractivity contribution in [1.82, 2.24) is 0 Å². The van der Waals surface area contributed by atoms with Gasteiger partial charge < -0.3 is 10.5 Å². The molecule has 0 saturated carbocycles. The summed E-state index contributed by atoms with van der Waals surface area (Å²) in [4.78, 5) is 0. The van der Waals surface area contributed by atoms with Crippen molar-refractivity contribution in [3.8, 4) is 0 Å². The molecule has 2 rings (SSSR count). The first kappa shape index (κ1) is 12.6. The van der Waals surface area contributed by atoms with Gasteiger partial charge in [0.15, 0.2) is 0 Å². The van der Waals surface area contributed by atoms with Gasteiger partial charge in [-0.2, -0.15) is 0 Å². The average Bonchev–Trinajstić information content (AvgIpc) is 2.10. The lowest BCUT2D eigenvalue weighted by atomic mass is 9.69. The topological polar surface area (TPSA) is 35.2 Å². The highest BCUT2D eigenvalue weighted by atomic mass is 16.5. The molecule has 1 aliphatic heterocycles. The van der Waals surface area contributed by atoms with Gasteiger partial charge in [-0.15, -0.1) is 0 Å². The van der Waals surface area contributed by atoms with Gasteiger partial charge in [-0.1, -0.05) is 23.8 Å². The van der Waals surface area contributed by atoms with Crippen LogP contribution in [-0.4, -0.2) is 18.8 Å². The van der Waals surface area contributed by atoms with Crippen LogP contribution in [0, 0.1) is 13.8 Å². The zero-order valence-electron chi connectivity index (χ0n) is 11.3. The molecule has 2 N–H and O–H groups in total. The van der Waals surface area contributed by atoms with E-state index in [0.29, 0.717) is 0 Å². The molecule has 1 saturated heterocycles. The summed E-state index contributed by atoms with van der Waals surface area (Å²) in [6, 6.07) is 6.68. The molecule has 0 unspecified atom stereocenters. The zero-order valence-corrected chi connectivity index (χ0v) is 11.3. The highest BCUT2D eigenvalue weighted by molar-refractivity contribution is 5.38.